The number of nitrogens with two attached hydrogens (primary N) is 1. The normalized spacial score (nSPS) is 20.9. The highest BCUT2D eigenvalue weighted by atomic mass is 16.6. The van der Waals surface area contributed by atoms with E-state index in [0.717, 1.165) is 0 Å². The number of para-hydroxylation sites is 1. The van der Waals surface area contributed by atoms with Crippen molar-refractivity contribution in [2.75, 3.05) is 11.9 Å². The number of anilines is 1. The number of allylic oxidation sites excluding steroid dienone is 1. The molecule has 0 fully saturated rings. The van der Waals surface area contributed by atoms with Gasteiger partial charge in [-0.25, -0.2) is 14.4 Å². The van der Waals surface area contributed by atoms with Gasteiger partial charge in [0.25, 0.3) is 0 Å². The fourth-order valence-electron chi connectivity index (χ4n) is 3.66. The SMILES string of the molecule is CCOC(=O)C1=C(N)Nc2ccccc2[C@@]12C(=O)OC(C)=C2C(=O)OC(C)(C)C. The summed E-state index contributed by atoms with van der Waals surface area (Å²) >= 11 is 0. The quantitative estimate of drug-likeness (QED) is 0.586. The Morgan fingerprint density at radius 3 is 2.45 bits per heavy atom. The molecule has 0 saturated carbocycles. The summed E-state index contributed by atoms with van der Waals surface area (Å²) in [6.45, 7) is 8.30. The van der Waals surface area contributed by atoms with Gasteiger partial charge in [0.1, 0.15) is 28.3 Å². The summed E-state index contributed by atoms with van der Waals surface area (Å²) in [6.07, 6.45) is 0. The van der Waals surface area contributed by atoms with Gasteiger partial charge in [-0.3, -0.25) is 0 Å². The molecule has 8 heteroatoms. The molecule has 2 aliphatic rings. The molecule has 154 valence electrons. The molecule has 1 aromatic carbocycles. The standard InChI is InChI=1S/C21H24N2O6/c1-6-27-17(24)15-16(22)23-13-10-8-7-9-12(13)21(15)14(11(2)28-19(21)26)18(25)29-20(3,4)5/h7-10,23H,6,22H2,1-5H3/t21-/m0/s1. The van der Waals surface area contributed by atoms with E-state index in [0.29, 0.717) is 11.3 Å². The number of hydrogen-bond donors (Lipinski definition) is 2. The number of ether oxygens (including phenoxy) is 3. The molecule has 1 atom stereocenters. The number of benzene rings is 1. The fourth-order valence-corrected chi connectivity index (χ4v) is 3.66. The van der Waals surface area contributed by atoms with Gasteiger partial charge in [-0.2, -0.15) is 0 Å². The maximum Gasteiger partial charge on any atom is 0.339 e. The van der Waals surface area contributed by atoms with Gasteiger partial charge in [0.2, 0.25) is 0 Å². The molecule has 2 heterocycles. The van der Waals surface area contributed by atoms with Crippen molar-refractivity contribution in [3.63, 3.8) is 0 Å². The number of esters is 3. The molecule has 1 spiro atoms. The highest BCUT2D eigenvalue weighted by molar-refractivity contribution is 6.16. The Balaban J connectivity index is 2.34. The molecule has 0 radical (unpaired) electrons. The molecule has 0 bridgehead atoms. The molecule has 0 amide bonds. The summed E-state index contributed by atoms with van der Waals surface area (Å²) in [5.41, 5.74) is 4.01. The Bertz CT molecular complexity index is 970. The Kier molecular flexibility index (Phi) is 4.90. The van der Waals surface area contributed by atoms with Crippen LogP contribution in [-0.4, -0.2) is 30.1 Å². The van der Waals surface area contributed by atoms with Crippen molar-refractivity contribution >= 4 is 23.6 Å². The first-order chi connectivity index (χ1) is 13.5. The highest BCUT2D eigenvalue weighted by Crippen LogP contribution is 2.52. The van der Waals surface area contributed by atoms with Gasteiger partial charge in [-0.15, -0.1) is 0 Å². The van der Waals surface area contributed by atoms with Crippen molar-refractivity contribution in [2.45, 2.75) is 45.6 Å². The van der Waals surface area contributed by atoms with E-state index in [1.54, 1.807) is 52.0 Å². The van der Waals surface area contributed by atoms with Gasteiger partial charge in [-0.05, 0) is 40.7 Å². The summed E-state index contributed by atoms with van der Waals surface area (Å²) in [6, 6.07) is 6.77. The van der Waals surface area contributed by atoms with E-state index in [1.807, 2.05) is 0 Å². The third-order valence-electron chi connectivity index (χ3n) is 4.61. The first-order valence-electron chi connectivity index (χ1n) is 9.24. The molecule has 8 nitrogen and oxygen atoms in total. The van der Waals surface area contributed by atoms with Crippen LogP contribution >= 0.6 is 0 Å². The predicted molar refractivity (Wildman–Crippen MR) is 104 cm³/mol. The van der Waals surface area contributed by atoms with Crippen LogP contribution in [0.5, 0.6) is 0 Å². The van der Waals surface area contributed by atoms with Gasteiger partial charge in [0.05, 0.1) is 6.61 Å². The molecule has 0 aliphatic carbocycles. The monoisotopic (exact) mass is 400 g/mol. The van der Waals surface area contributed by atoms with Gasteiger partial charge < -0.3 is 25.3 Å². The molecule has 3 rings (SSSR count). The summed E-state index contributed by atoms with van der Waals surface area (Å²) < 4.78 is 16.1. The minimum Gasteiger partial charge on any atom is -0.462 e. The van der Waals surface area contributed by atoms with E-state index in [2.05, 4.69) is 5.32 Å². The van der Waals surface area contributed by atoms with Crippen LogP contribution in [-0.2, 0) is 34.0 Å². The van der Waals surface area contributed by atoms with Crippen LogP contribution in [0.3, 0.4) is 0 Å². The third-order valence-corrected chi connectivity index (χ3v) is 4.61. The lowest BCUT2D eigenvalue weighted by Gasteiger charge is -2.36. The molecule has 3 N–H and O–H groups in total. The highest BCUT2D eigenvalue weighted by Gasteiger charge is 2.63. The fraction of sp³-hybridized carbons (Fsp3) is 0.381. The number of cyclic esters (lactones) is 1. The van der Waals surface area contributed by atoms with Crippen LogP contribution in [0.2, 0.25) is 0 Å². The topological polar surface area (TPSA) is 117 Å². The van der Waals surface area contributed by atoms with E-state index in [1.165, 1.54) is 6.92 Å². The Labute approximate surface area is 168 Å². The number of hydrogen-bond acceptors (Lipinski definition) is 8. The average molecular weight is 400 g/mol. The molecule has 0 aromatic heterocycles. The van der Waals surface area contributed by atoms with Gasteiger partial charge in [0, 0.05) is 11.3 Å². The summed E-state index contributed by atoms with van der Waals surface area (Å²) in [5.74, 6) is -2.44. The zero-order valence-corrected chi connectivity index (χ0v) is 17.0. The molecule has 29 heavy (non-hydrogen) atoms. The maximum atomic E-state index is 13.3. The van der Waals surface area contributed by atoms with E-state index >= 15 is 0 Å². The van der Waals surface area contributed by atoms with Gasteiger partial charge >= 0.3 is 17.9 Å². The van der Waals surface area contributed by atoms with Crippen LogP contribution in [0.4, 0.5) is 5.69 Å². The van der Waals surface area contributed by atoms with Crippen LogP contribution in [0.1, 0.15) is 40.2 Å². The maximum absolute atomic E-state index is 13.3. The Morgan fingerprint density at radius 2 is 1.83 bits per heavy atom. The lowest BCUT2D eigenvalue weighted by molar-refractivity contribution is -0.152. The Hall–Kier alpha value is -3.29. The number of nitrogens with one attached hydrogen (secondary N) is 1. The van der Waals surface area contributed by atoms with Crippen LogP contribution in [0.15, 0.2) is 47.0 Å². The van der Waals surface area contributed by atoms with Crippen LogP contribution in [0, 0.1) is 0 Å². The van der Waals surface area contributed by atoms with Gasteiger partial charge in [0.15, 0.2) is 5.41 Å². The predicted octanol–water partition coefficient (Wildman–Crippen LogP) is 2.26. The smallest absolute Gasteiger partial charge is 0.339 e. The molecule has 2 aliphatic heterocycles. The average Bonchev–Trinajstić information content (AvgIpc) is 2.84. The van der Waals surface area contributed by atoms with E-state index in [4.69, 9.17) is 19.9 Å². The molecule has 1 aromatic rings. The Morgan fingerprint density at radius 1 is 1.17 bits per heavy atom. The molecular weight excluding hydrogens is 376 g/mol. The van der Waals surface area contributed by atoms with Crippen molar-refractivity contribution < 1.29 is 28.6 Å². The van der Waals surface area contributed by atoms with E-state index in [-0.39, 0.29) is 29.3 Å². The van der Waals surface area contributed by atoms with E-state index < -0.39 is 28.9 Å². The van der Waals surface area contributed by atoms with Crippen LogP contribution in [0.25, 0.3) is 0 Å². The van der Waals surface area contributed by atoms with Crippen molar-refractivity contribution in [3.8, 4) is 0 Å². The first kappa shape index (κ1) is 20.4. The van der Waals surface area contributed by atoms with Crippen molar-refractivity contribution in [2.24, 2.45) is 5.73 Å². The lowest BCUT2D eigenvalue weighted by atomic mass is 9.67. The molecule has 0 unspecified atom stereocenters. The minimum atomic E-state index is -1.88. The number of carbonyl (C=O) groups is 3. The number of fused-ring (bicyclic) bond motifs is 2. The number of carbonyl (C=O) groups excluding carboxylic acids is 3. The zero-order chi connectivity index (χ0) is 21.6. The zero-order valence-electron chi connectivity index (χ0n) is 17.0. The van der Waals surface area contributed by atoms with Crippen molar-refractivity contribution in [1.29, 1.82) is 0 Å². The molecule has 0 saturated heterocycles. The summed E-state index contributed by atoms with van der Waals surface area (Å²) in [7, 11) is 0. The number of rotatable bonds is 3. The van der Waals surface area contributed by atoms with Gasteiger partial charge in [-0.1, -0.05) is 18.2 Å². The summed E-state index contributed by atoms with van der Waals surface area (Å²) in [4.78, 5) is 39.4. The first-order valence-corrected chi connectivity index (χ1v) is 9.24. The molecular formula is C21H24N2O6. The van der Waals surface area contributed by atoms with Crippen LogP contribution < -0.4 is 11.1 Å². The van der Waals surface area contributed by atoms with Crippen molar-refractivity contribution in [1.82, 2.24) is 0 Å². The van der Waals surface area contributed by atoms with Crippen molar-refractivity contribution in [3.05, 3.63) is 52.6 Å². The second-order valence-electron chi connectivity index (χ2n) is 7.75. The lowest BCUT2D eigenvalue weighted by Crippen LogP contribution is -2.48. The third kappa shape index (κ3) is 3.14. The second kappa shape index (κ2) is 6.95. The largest absolute Gasteiger partial charge is 0.462 e. The summed E-state index contributed by atoms with van der Waals surface area (Å²) in [5, 5.41) is 2.92. The minimum absolute atomic E-state index is 0.0514. The van der Waals surface area contributed by atoms with E-state index in [9.17, 15) is 14.4 Å². The second-order valence-corrected chi connectivity index (χ2v) is 7.75.